The highest BCUT2D eigenvalue weighted by atomic mass is 79.9. The standard InChI is InChI=1S/C26H22BrN3O4/c1-17-6-5-9-21(12-17)28-24(31)15-30-25(32)22(29-26(30)33)14-19-13-20(27)10-11-23(19)34-16-18-7-3-2-4-8-18/h2-14H,15-16H2,1H3,(H,28,31)(H,29,33)/b22-14+. The molecule has 0 unspecified atom stereocenters. The van der Waals surface area contributed by atoms with Crippen molar-refractivity contribution in [2.75, 3.05) is 11.9 Å². The highest BCUT2D eigenvalue weighted by molar-refractivity contribution is 9.10. The minimum absolute atomic E-state index is 0.0658. The molecule has 4 amide bonds. The zero-order valence-corrected chi connectivity index (χ0v) is 20.0. The highest BCUT2D eigenvalue weighted by Gasteiger charge is 2.35. The Bertz CT molecular complexity index is 1270. The van der Waals surface area contributed by atoms with Crippen molar-refractivity contribution in [3.05, 3.63) is 99.7 Å². The molecule has 8 heteroatoms. The first kappa shape index (κ1) is 23.3. The van der Waals surface area contributed by atoms with Crippen LogP contribution < -0.4 is 15.4 Å². The number of carbonyl (C=O) groups is 3. The number of ether oxygens (including phenoxy) is 1. The van der Waals surface area contributed by atoms with Crippen LogP contribution in [-0.4, -0.2) is 29.3 Å². The van der Waals surface area contributed by atoms with Crippen LogP contribution >= 0.6 is 15.9 Å². The third kappa shape index (κ3) is 5.71. The summed E-state index contributed by atoms with van der Waals surface area (Å²) in [6.07, 6.45) is 1.55. The lowest BCUT2D eigenvalue weighted by Crippen LogP contribution is -2.38. The summed E-state index contributed by atoms with van der Waals surface area (Å²) in [7, 11) is 0. The van der Waals surface area contributed by atoms with Crippen molar-refractivity contribution in [1.82, 2.24) is 10.2 Å². The molecule has 1 fully saturated rings. The van der Waals surface area contributed by atoms with Crippen molar-refractivity contribution in [3.8, 4) is 5.75 Å². The van der Waals surface area contributed by atoms with E-state index in [-0.39, 0.29) is 5.70 Å². The predicted octanol–water partition coefficient (Wildman–Crippen LogP) is 4.87. The molecule has 1 saturated heterocycles. The Hall–Kier alpha value is -3.91. The number of aryl methyl sites for hydroxylation is 1. The number of benzene rings is 3. The van der Waals surface area contributed by atoms with Crippen LogP contribution in [0.15, 0.2) is 83.0 Å². The molecule has 0 saturated carbocycles. The molecule has 1 aliphatic rings. The van der Waals surface area contributed by atoms with Gasteiger partial charge in [0.25, 0.3) is 5.91 Å². The number of nitrogens with zero attached hydrogens (tertiary/aromatic N) is 1. The first-order valence-electron chi connectivity index (χ1n) is 10.6. The summed E-state index contributed by atoms with van der Waals surface area (Å²) < 4.78 is 6.74. The normalized spacial score (nSPS) is 14.3. The van der Waals surface area contributed by atoms with E-state index in [1.54, 1.807) is 30.3 Å². The molecule has 3 aromatic carbocycles. The molecule has 172 valence electrons. The van der Waals surface area contributed by atoms with Crippen molar-refractivity contribution in [2.45, 2.75) is 13.5 Å². The van der Waals surface area contributed by atoms with Gasteiger partial charge in [-0.2, -0.15) is 0 Å². The zero-order valence-electron chi connectivity index (χ0n) is 18.4. The molecule has 0 atom stereocenters. The lowest BCUT2D eigenvalue weighted by Gasteiger charge is -2.12. The molecule has 0 bridgehead atoms. The molecule has 0 spiro atoms. The number of hydrogen-bond donors (Lipinski definition) is 2. The predicted molar refractivity (Wildman–Crippen MR) is 133 cm³/mol. The summed E-state index contributed by atoms with van der Waals surface area (Å²) in [4.78, 5) is 38.6. The molecule has 7 nitrogen and oxygen atoms in total. The van der Waals surface area contributed by atoms with Gasteiger partial charge in [0, 0.05) is 15.7 Å². The molecular weight excluding hydrogens is 498 g/mol. The second-order valence-electron chi connectivity index (χ2n) is 7.75. The lowest BCUT2D eigenvalue weighted by molar-refractivity contribution is -0.127. The molecular formula is C26H22BrN3O4. The van der Waals surface area contributed by atoms with E-state index in [1.165, 1.54) is 0 Å². The van der Waals surface area contributed by atoms with E-state index in [4.69, 9.17) is 4.74 Å². The van der Waals surface area contributed by atoms with Gasteiger partial charge in [0.1, 0.15) is 24.6 Å². The molecule has 1 aliphatic heterocycles. The summed E-state index contributed by atoms with van der Waals surface area (Å²) in [6, 6.07) is 21.7. The number of carbonyl (C=O) groups excluding carboxylic acids is 3. The minimum Gasteiger partial charge on any atom is -0.488 e. The van der Waals surface area contributed by atoms with E-state index in [2.05, 4.69) is 26.6 Å². The Morgan fingerprint density at radius 2 is 1.85 bits per heavy atom. The summed E-state index contributed by atoms with van der Waals surface area (Å²) in [5.41, 5.74) is 3.26. The van der Waals surface area contributed by atoms with Crippen molar-refractivity contribution < 1.29 is 19.1 Å². The number of hydrogen-bond acceptors (Lipinski definition) is 4. The minimum atomic E-state index is -0.655. The van der Waals surface area contributed by atoms with Crippen LogP contribution in [0.4, 0.5) is 10.5 Å². The first-order chi connectivity index (χ1) is 16.4. The fourth-order valence-corrected chi connectivity index (χ4v) is 3.82. The fraction of sp³-hybridized carbons (Fsp3) is 0.115. The van der Waals surface area contributed by atoms with Gasteiger partial charge in [0.2, 0.25) is 5.91 Å². The number of rotatable bonds is 7. The third-order valence-electron chi connectivity index (χ3n) is 5.07. The Morgan fingerprint density at radius 3 is 2.62 bits per heavy atom. The van der Waals surface area contributed by atoms with E-state index < -0.39 is 24.4 Å². The molecule has 3 aromatic rings. The number of halogens is 1. The lowest BCUT2D eigenvalue weighted by atomic mass is 10.1. The highest BCUT2D eigenvalue weighted by Crippen LogP contribution is 2.27. The van der Waals surface area contributed by atoms with Crippen LogP contribution in [0, 0.1) is 6.92 Å². The quantitative estimate of drug-likeness (QED) is 0.344. The molecule has 0 aromatic heterocycles. The van der Waals surface area contributed by atoms with Crippen LogP contribution in [0.1, 0.15) is 16.7 Å². The fourth-order valence-electron chi connectivity index (χ4n) is 3.44. The summed E-state index contributed by atoms with van der Waals surface area (Å²) in [6.45, 7) is 1.86. The van der Waals surface area contributed by atoms with E-state index in [0.717, 1.165) is 20.5 Å². The van der Waals surface area contributed by atoms with Gasteiger partial charge in [-0.25, -0.2) is 9.69 Å². The number of amides is 4. The van der Waals surface area contributed by atoms with Gasteiger partial charge in [0.15, 0.2) is 0 Å². The number of anilines is 1. The average molecular weight is 520 g/mol. The number of nitrogens with one attached hydrogen (secondary N) is 2. The largest absolute Gasteiger partial charge is 0.488 e. The molecule has 0 radical (unpaired) electrons. The summed E-state index contributed by atoms with van der Waals surface area (Å²) in [5.74, 6) is -0.500. The number of imide groups is 1. The van der Waals surface area contributed by atoms with Crippen LogP contribution in [0.2, 0.25) is 0 Å². The Kier molecular flexibility index (Phi) is 7.08. The monoisotopic (exact) mass is 519 g/mol. The van der Waals surface area contributed by atoms with Crippen LogP contribution in [-0.2, 0) is 16.2 Å². The summed E-state index contributed by atoms with van der Waals surface area (Å²) in [5, 5.41) is 5.25. The maximum Gasteiger partial charge on any atom is 0.329 e. The van der Waals surface area contributed by atoms with Crippen molar-refractivity contribution >= 4 is 45.5 Å². The Balaban J connectivity index is 1.48. The van der Waals surface area contributed by atoms with E-state index >= 15 is 0 Å². The molecule has 2 N–H and O–H groups in total. The second-order valence-corrected chi connectivity index (χ2v) is 8.67. The van der Waals surface area contributed by atoms with Crippen LogP contribution in [0.25, 0.3) is 6.08 Å². The van der Waals surface area contributed by atoms with Gasteiger partial charge in [-0.1, -0.05) is 58.4 Å². The van der Waals surface area contributed by atoms with E-state index in [1.807, 2.05) is 55.5 Å². The van der Waals surface area contributed by atoms with Gasteiger partial charge in [-0.05, 0) is 54.5 Å². The van der Waals surface area contributed by atoms with Crippen molar-refractivity contribution in [2.24, 2.45) is 0 Å². The topological polar surface area (TPSA) is 87.7 Å². The smallest absolute Gasteiger partial charge is 0.329 e. The zero-order chi connectivity index (χ0) is 24.1. The maximum absolute atomic E-state index is 12.9. The Labute approximate surface area is 205 Å². The number of urea groups is 1. The average Bonchev–Trinajstić information content (AvgIpc) is 3.06. The van der Waals surface area contributed by atoms with Crippen molar-refractivity contribution in [1.29, 1.82) is 0 Å². The molecule has 4 rings (SSSR count). The maximum atomic E-state index is 12.9. The molecule has 34 heavy (non-hydrogen) atoms. The van der Waals surface area contributed by atoms with Crippen molar-refractivity contribution in [3.63, 3.8) is 0 Å². The van der Waals surface area contributed by atoms with Crippen LogP contribution in [0.5, 0.6) is 5.75 Å². The summed E-state index contributed by atoms with van der Waals surface area (Å²) >= 11 is 3.43. The third-order valence-corrected chi connectivity index (χ3v) is 5.57. The molecule has 0 aliphatic carbocycles. The SMILES string of the molecule is Cc1cccc(NC(=O)CN2C(=O)N/C(=C/c3cc(Br)ccc3OCc3ccccc3)C2=O)c1. The van der Waals surface area contributed by atoms with Crippen LogP contribution in [0.3, 0.4) is 0 Å². The Morgan fingerprint density at radius 1 is 1.06 bits per heavy atom. The van der Waals surface area contributed by atoms with Gasteiger partial charge >= 0.3 is 6.03 Å². The van der Waals surface area contributed by atoms with E-state index in [9.17, 15) is 14.4 Å². The van der Waals surface area contributed by atoms with Gasteiger partial charge < -0.3 is 15.4 Å². The first-order valence-corrected chi connectivity index (χ1v) is 11.4. The molecule has 1 heterocycles. The van der Waals surface area contributed by atoms with E-state index in [0.29, 0.717) is 23.6 Å². The van der Waals surface area contributed by atoms with Gasteiger partial charge in [-0.15, -0.1) is 0 Å². The van der Waals surface area contributed by atoms with Gasteiger partial charge in [0.05, 0.1) is 0 Å². The second kappa shape index (κ2) is 10.4. The van der Waals surface area contributed by atoms with Gasteiger partial charge in [-0.3, -0.25) is 9.59 Å².